The van der Waals surface area contributed by atoms with Crippen molar-refractivity contribution in [2.45, 2.75) is 77.6 Å². The van der Waals surface area contributed by atoms with Crippen LogP contribution in [0.1, 0.15) is 51.6 Å². The third kappa shape index (κ3) is 3.54. The normalized spacial score (nSPS) is 27.3. The van der Waals surface area contributed by atoms with Gasteiger partial charge in [0, 0.05) is 37.2 Å². The minimum Gasteiger partial charge on any atom is -0.378 e. The number of piperidine rings is 1. The van der Waals surface area contributed by atoms with Crippen LogP contribution in [-0.4, -0.2) is 46.0 Å². The molecule has 142 valence electrons. The van der Waals surface area contributed by atoms with E-state index in [4.69, 9.17) is 9.84 Å². The third-order valence-electron chi connectivity index (χ3n) is 6.25. The van der Waals surface area contributed by atoms with Gasteiger partial charge < -0.3 is 4.74 Å². The molecule has 2 bridgehead atoms. The van der Waals surface area contributed by atoms with E-state index < -0.39 is 0 Å². The highest BCUT2D eigenvalue weighted by atomic mass is 16.5. The number of aromatic nitrogens is 2. The van der Waals surface area contributed by atoms with E-state index in [1.165, 1.54) is 43.1 Å². The van der Waals surface area contributed by atoms with Crippen LogP contribution >= 0.6 is 0 Å². The molecule has 2 saturated heterocycles. The lowest BCUT2D eigenvalue weighted by atomic mass is 9.98. The van der Waals surface area contributed by atoms with Gasteiger partial charge in [-0.25, -0.2) is 0 Å². The first kappa shape index (κ1) is 18.0. The van der Waals surface area contributed by atoms with E-state index in [1.54, 1.807) is 0 Å². The molecule has 4 heteroatoms. The molecule has 4 nitrogen and oxygen atoms in total. The Balaban J connectivity index is 1.39. The average Bonchev–Trinajstić information content (AvgIpc) is 3.06. The topological polar surface area (TPSA) is 30.3 Å². The van der Waals surface area contributed by atoms with Gasteiger partial charge in [-0.2, -0.15) is 5.10 Å². The number of ether oxygens (including phenoxy) is 1. The number of fused-ring (bicyclic) bond motifs is 3. The van der Waals surface area contributed by atoms with Crippen molar-refractivity contribution in [2.24, 2.45) is 5.92 Å². The zero-order chi connectivity index (χ0) is 18.1. The first-order chi connectivity index (χ1) is 12.7. The summed E-state index contributed by atoms with van der Waals surface area (Å²) in [6, 6.07) is 10.1. The third-order valence-corrected chi connectivity index (χ3v) is 6.25. The van der Waals surface area contributed by atoms with Crippen molar-refractivity contribution in [3.63, 3.8) is 0 Å². The molecular formula is C22H33N3O. The van der Waals surface area contributed by atoms with Crippen LogP contribution in [0.3, 0.4) is 0 Å². The fourth-order valence-corrected chi connectivity index (χ4v) is 5.09. The number of hydrogen-bond donors (Lipinski definition) is 0. The minimum atomic E-state index is 0.497. The number of benzene rings is 1. The quantitative estimate of drug-likeness (QED) is 0.737. The number of nitrogens with zero attached hydrogens (tertiary/aromatic N) is 3. The summed E-state index contributed by atoms with van der Waals surface area (Å²) in [6.45, 7) is 9.80. The van der Waals surface area contributed by atoms with Crippen LogP contribution in [0.4, 0.5) is 0 Å². The molecule has 2 fully saturated rings. The Kier molecular flexibility index (Phi) is 5.32. The Morgan fingerprint density at radius 3 is 2.62 bits per heavy atom. The number of aryl methyl sites for hydroxylation is 1. The van der Waals surface area contributed by atoms with Crippen molar-refractivity contribution < 1.29 is 4.74 Å². The molecule has 0 radical (unpaired) electrons. The molecule has 1 aromatic carbocycles. The molecule has 3 heterocycles. The van der Waals surface area contributed by atoms with Crippen molar-refractivity contribution in [1.29, 1.82) is 0 Å². The smallest absolute Gasteiger partial charge is 0.0685 e. The van der Waals surface area contributed by atoms with Crippen molar-refractivity contribution in [3.05, 3.63) is 30.0 Å². The van der Waals surface area contributed by atoms with Crippen LogP contribution in [0.25, 0.3) is 10.9 Å². The number of para-hydroxylation sites is 1. The fourth-order valence-electron chi connectivity index (χ4n) is 5.09. The Morgan fingerprint density at radius 2 is 1.88 bits per heavy atom. The highest BCUT2D eigenvalue weighted by Crippen LogP contribution is 2.37. The average molecular weight is 356 g/mol. The Morgan fingerprint density at radius 1 is 1.15 bits per heavy atom. The largest absolute Gasteiger partial charge is 0.378 e. The Labute approximate surface area is 157 Å². The van der Waals surface area contributed by atoms with Crippen molar-refractivity contribution in [3.8, 4) is 0 Å². The first-order valence-electron chi connectivity index (χ1n) is 10.4. The van der Waals surface area contributed by atoms with E-state index in [2.05, 4.69) is 54.6 Å². The van der Waals surface area contributed by atoms with Gasteiger partial charge in [-0.15, -0.1) is 0 Å². The van der Waals surface area contributed by atoms with E-state index in [0.717, 1.165) is 37.4 Å². The predicted octanol–water partition coefficient (Wildman–Crippen LogP) is 4.40. The van der Waals surface area contributed by atoms with E-state index in [-0.39, 0.29) is 0 Å². The molecule has 0 aliphatic carbocycles. The minimum absolute atomic E-state index is 0.497. The number of rotatable bonds is 7. The molecule has 0 N–H and O–H groups in total. The molecule has 1 aromatic heterocycles. The lowest BCUT2D eigenvalue weighted by Gasteiger charge is -2.40. The second-order valence-corrected chi connectivity index (χ2v) is 8.44. The molecule has 4 atom stereocenters. The summed E-state index contributed by atoms with van der Waals surface area (Å²) in [5.41, 5.74) is 2.41. The summed E-state index contributed by atoms with van der Waals surface area (Å²) < 4.78 is 8.29. The van der Waals surface area contributed by atoms with Crippen LogP contribution in [0.15, 0.2) is 24.3 Å². The molecule has 2 aromatic rings. The fraction of sp³-hybridized carbons (Fsp3) is 0.682. The van der Waals surface area contributed by atoms with E-state index >= 15 is 0 Å². The van der Waals surface area contributed by atoms with E-state index in [0.29, 0.717) is 12.0 Å². The van der Waals surface area contributed by atoms with E-state index in [1.807, 2.05) is 0 Å². The van der Waals surface area contributed by atoms with Crippen molar-refractivity contribution >= 4 is 10.9 Å². The van der Waals surface area contributed by atoms with Crippen LogP contribution in [0.2, 0.25) is 0 Å². The highest BCUT2D eigenvalue weighted by molar-refractivity contribution is 5.81. The summed E-state index contributed by atoms with van der Waals surface area (Å²) in [5, 5.41) is 6.09. The van der Waals surface area contributed by atoms with Gasteiger partial charge in [-0.3, -0.25) is 9.58 Å². The molecule has 0 amide bonds. The molecule has 26 heavy (non-hydrogen) atoms. The summed E-state index contributed by atoms with van der Waals surface area (Å²) in [5.74, 6) is 0.605. The number of hydrogen-bond acceptors (Lipinski definition) is 3. The van der Waals surface area contributed by atoms with Crippen molar-refractivity contribution in [2.75, 3.05) is 13.2 Å². The maximum atomic E-state index is 6.07. The molecule has 3 unspecified atom stereocenters. The maximum Gasteiger partial charge on any atom is 0.0685 e. The second-order valence-electron chi connectivity index (χ2n) is 8.44. The lowest BCUT2D eigenvalue weighted by Crippen LogP contribution is -2.47. The van der Waals surface area contributed by atoms with Crippen molar-refractivity contribution in [1.82, 2.24) is 14.7 Å². The lowest BCUT2D eigenvalue weighted by molar-refractivity contribution is -0.0237. The van der Waals surface area contributed by atoms with Gasteiger partial charge in [0.05, 0.1) is 17.3 Å². The zero-order valence-corrected chi connectivity index (χ0v) is 16.5. The summed E-state index contributed by atoms with van der Waals surface area (Å²) in [7, 11) is 0. The van der Waals surface area contributed by atoms with Gasteiger partial charge in [-0.1, -0.05) is 32.0 Å². The van der Waals surface area contributed by atoms with Crippen LogP contribution in [0, 0.1) is 12.8 Å². The zero-order valence-electron chi connectivity index (χ0n) is 16.5. The first-order valence-corrected chi connectivity index (χ1v) is 10.4. The molecule has 0 spiro atoms. The van der Waals surface area contributed by atoms with Gasteiger partial charge in [0.15, 0.2) is 0 Å². The highest BCUT2D eigenvalue weighted by Gasteiger charge is 2.41. The second kappa shape index (κ2) is 7.69. The van der Waals surface area contributed by atoms with Gasteiger partial charge in [0.1, 0.15) is 0 Å². The standard InChI is InChI=1S/C22H33N3O/c1-4-11-26-20-12-18-9-10-19(13-20)24(18)14-16(2)15-25-22-8-6-5-7-21(22)17(3)23-25/h5-8,16,18-20H,4,9-15H2,1-3H3/t16?,18-,19?,20?/m1/s1. The van der Waals surface area contributed by atoms with Gasteiger partial charge >= 0.3 is 0 Å². The van der Waals surface area contributed by atoms with Gasteiger partial charge in [-0.05, 0) is 51.0 Å². The summed E-state index contributed by atoms with van der Waals surface area (Å²) in [4.78, 5) is 2.79. The molecule has 2 aliphatic rings. The Hall–Kier alpha value is -1.39. The van der Waals surface area contributed by atoms with Gasteiger partial charge in [0.2, 0.25) is 0 Å². The summed E-state index contributed by atoms with van der Waals surface area (Å²) >= 11 is 0. The molecule has 2 aliphatic heterocycles. The molecule has 4 rings (SSSR count). The Bertz CT molecular complexity index is 726. The van der Waals surface area contributed by atoms with Gasteiger partial charge in [0.25, 0.3) is 0 Å². The van der Waals surface area contributed by atoms with E-state index in [9.17, 15) is 0 Å². The maximum absolute atomic E-state index is 6.07. The monoisotopic (exact) mass is 355 g/mol. The van der Waals surface area contributed by atoms with Crippen LogP contribution in [0.5, 0.6) is 0 Å². The summed E-state index contributed by atoms with van der Waals surface area (Å²) in [6.07, 6.45) is 6.79. The van der Waals surface area contributed by atoms with Crippen LogP contribution < -0.4 is 0 Å². The predicted molar refractivity (Wildman–Crippen MR) is 106 cm³/mol. The van der Waals surface area contributed by atoms with Crippen LogP contribution in [-0.2, 0) is 11.3 Å². The molecule has 0 saturated carbocycles. The SMILES string of the molecule is CCCOC1CC2CC[C@H](C1)N2CC(C)Cn1nc(C)c2ccccc21. The molecular weight excluding hydrogens is 322 g/mol.